The fourth-order valence-corrected chi connectivity index (χ4v) is 3.75. The summed E-state index contributed by atoms with van der Waals surface area (Å²) in [4.78, 5) is 28.6. The molecule has 1 aliphatic rings. The largest absolute Gasteiger partial charge is 0.508 e. The van der Waals surface area contributed by atoms with Gasteiger partial charge in [-0.25, -0.2) is 0 Å². The van der Waals surface area contributed by atoms with Gasteiger partial charge >= 0.3 is 0 Å². The first-order valence-corrected chi connectivity index (χ1v) is 9.82. The number of phenols is 1. The second-order valence-corrected chi connectivity index (χ2v) is 7.43. The summed E-state index contributed by atoms with van der Waals surface area (Å²) in [6, 6.07) is 14.6. The highest BCUT2D eigenvalue weighted by Gasteiger charge is 2.21. The van der Waals surface area contributed by atoms with Gasteiger partial charge in [-0.15, -0.1) is 11.8 Å². The van der Waals surface area contributed by atoms with E-state index in [0.29, 0.717) is 18.8 Å². The minimum atomic E-state index is -0.1000. The average Bonchev–Trinajstić information content (AvgIpc) is 2.67. The van der Waals surface area contributed by atoms with Crippen LogP contribution in [0.25, 0.3) is 0 Å². The molecule has 0 aliphatic carbocycles. The lowest BCUT2D eigenvalue weighted by Gasteiger charge is -2.36. The SMILES string of the molecule is CC(=O)Nc1ccc(SCC(=O)N2CCN(c3ccc(O)cc3)CC2)cc1. The molecule has 1 fully saturated rings. The van der Waals surface area contributed by atoms with Crippen molar-refractivity contribution < 1.29 is 14.7 Å². The van der Waals surface area contributed by atoms with Gasteiger partial charge in [-0.3, -0.25) is 9.59 Å². The number of rotatable bonds is 5. The third kappa shape index (κ3) is 5.40. The van der Waals surface area contributed by atoms with E-state index < -0.39 is 0 Å². The number of aromatic hydroxyl groups is 1. The minimum Gasteiger partial charge on any atom is -0.508 e. The summed E-state index contributed by atoms with van der Waals surface area (Å²) in [5.74, 6) is 0.696. The van der Waals surface area contributed by atoms with Gasteiger partial charge in [0.05, 0.1) is 5.75 Å². The molecule has 1 aliphatic heterocycles. The molecule has 3 rings (SSSR count). The number of nitrogens with one attached hydrogen (secondary N) is 1. The molecule has 6 nitrogen and oxygen atoms in total. The van der Waals surface area contributed by atoms with E-state index in [1.807, 2.05) is 41.3 Å². The lowest BCUT2D eigenvalue weighted by molar-refractivity contribution is -0.128. The Labute approximate surface area is 163 Å². The standard InChI is InChI=1S/C20H23N3O3S/c1-15(24)21-16-2-8-19(9-3-16)27-14-20(26)23-12-10-22(11-13-23)17-4-6-18(25)7-5-17/h2-9,25H,10-14H2,1H3,(H,21,24). The molecule has 1 heterocycles. The number of hydrogen-bond acceptors (Lipinski definition) is 5. The first-order valence-electron chi connectivity index (χ1n) is 8.83. The predicted molar refractivity (Wildman–Crippen MR) is 108 cm³/mol. The van der Waals surface area contributed by atoms with Crippen LogP contribution in [0.4, 0.5) is 11.4 Å². The first kappa shape index (κ1) is 19.1. The van der Waals surface area contributed by atoms with Crippen LogP contribution < -0.4 is 10.2 Å². The molecule has 2 aromatic carbocycles. The molecule has 2 N–H and O–H groups in total. The van der Waals surface area contributed by atoms with Gasteiger partial charge in [0.1, 0.15) is 5.75 Å². The van der Waals surface area contributed by atoms with Crippen LogP contribution in [-0.2, 0) is 9.59 Å². The summed E-state index contributed by atoms with van der Waals surface area (Å²) in [5.41, 5.74) is 1.82. The molecule has 2 amide bonds. The van der Waals surface area contributed by atoms with E-state index >= 15 is 0 Å². The molecule has 7 heteroatoms. The van der Waals surface area contributed by atoms with Gasteiger partial charge in [-0.05, 0) is 48.5 Å². The number of phenolic OH excluding ortho intramolecular Hbond substituents is 1. The van der Waals surface area contributed by atoms with Crippen LogP contribution in [-0.4, -0.2) is 53.8 Å². The minimum absolute atomic E-state index is 0.1000. The highest BCUT2D eigenvalue weighted by molar-refractivity contribution is 8.00. The second kappa shape index (κ2) is 8.81. The maximum atomic E-state index is 12.5. The van der Waals surface area contributed by atoms with E-state index in [4.69, 9.17) is 0 Å². The van der Waals surface area contributed by atoms with Crippen molar-refractivity contribution in [2.75, 3.05) is 42.1 Å². The van der Waals surface area contributed by atoms with Gasteiger partial charge in [-0.1, -0.05) is 0 Å². The molecule has 0 radical (unpaired) electrons. The summed E-state index contributed by atoms with van der Waals surface area (Å²) in [7, 11) is 0. The summed E-state index contributed by atoms with van der Waals surface area (Å²) in [5, 5.41) is 12.1. The van der Waals surface area contributed by atoms with Crippen LogP contribution in [0.15, 0.2) is 53.4 Å². The Morgan fingerprint density at radius 2 is 1.63 bits per heavy atom. The summed E-state index contributed by atoms with van der Waals surface area (Å²) < 4.78 is 0. The monoisotopic (exact) mass is 385 g/mol. The van der Waals surface area contributed by atoms with Crippen LogP contribution in [0.1, 0.15) is 6.92 Å². The van der Waals surface area contributed by atoms with Crippen molar-refractivity contribution in [3.8, 4) is 5.75 Å². The smallest absolute Gasteiger partial charge is 0.233 e. The second-order valence-electron chi connectivity index (χ2n) is 6.38. The number of thioether (sulfide) groups is 1. The van der Waals surface area contributed by atoms with Crippen molar-refractivity contribution in [3.05, 3.63) is 48.5 Å². The summed E-state index contributed by atoms with van der Waals surface area (Å²) in [6.07, 6.45) is 0. The molecule has 0 bridgehead atoms. The Bertz CT molecular complexity index is 785. The highest BCUT2D eigenvalue weighted by atomic mass is 32.2. The maximum Gasteiger partial charge on any atom is 0.233 e. The number of carbonyl (C=O) groups is 2. The number of amides is 2. The highest BCUT2D eigenvalue weighted by Crippen LogP contribution is 2.22. The molecule has 142 valence electrons. The van der Waals surface area contributed by atoms with Crippen LogP contribution in [0, 0.1) is 0 Å². The van der Waals surface area contributed by atoms with E-state index in [1.165, 1.54) is 18.7 Å². The van der Waals surface area contributed by atoms with Crippen molar-refractivity contribution in [3.63, 3.8) is 0 Å². The number of hydrogen-bond donors (Lipinski definition) is 2. The Morgan fingerprint density at radius 3 is 2.22 bits per heavy atom. The third-order valence-electron chi connectivity index (χ3n) is 4.38. The number of nitrogens with zero attached hydrogens (tertiary/aromatic N) is 2. The first-order chi connectivity index (χ1) is 13.0. The van der Waals surface area contributed by atoms with Gasteiger partial charge in [-0.2, -0.15) is 0 Å². The average molecular weight is 385 g/mol. The number of benzene rings is 2. The fraction of sp³-hybridized carbons (Fsp3) is 0.300. The van der Waals surface area contributed by atoms with Crippen LogP contribution in [0.5, 0.6) is 5.75 Å². The van der Waals surface area contributed by atoms with Crippen molar-refractivity contribution in [1.82, 2.24) is 4.90 Å². The van der Waals surface area contributed by atoms with E-state index in [-0.39, 0.29) is 17.6 Å². The Morgan fingerprint density at radius 1 is 1.00 bits per heavy atom. The molecule has 0 atom stereocenters. The molecule has 0 unspecified atom stereocenters. The van der Waals surface area contributed by atoms with Crippen molar-refractivity contribution in [1.29, 1.82) is 0 Å². The normalized spacial score (nSPS) is 14.1. The predicted octanol–water partition coefficient (Wildman–Crippen LogP) is 2.79. The van der Waals surface area contributed by atoms with Gasteiger partial charge in [0.2, 0.25) is 11.8 Å². The molecular formula is C20H23N3O3S. The number of piperazine rings is 1. The fourth-order valence-electron chi connectivity index (χ4n) is 2.95. The molecule has 0 spiro atoms. The summed E-state index contributed by atoms with van der Waals surface area (Å²) >= 11 is 1.50. The van der Waals surface area contributed by atoms with E-state index in [0.717, 1.165) is 29.4 Å². The van der Waals surface area contributed by atoms with E-state index in [1.54, 1.807) is 12.1 Å². The number of carbonyl (C=O) groups excluding carboxylic acids is 2. The Kier molecular flexibility index (Phi) is 6.24. The maximum absolute atomic E-state index is 12.5. The molecule has 2 aromatic rings. The zero-order chi connectivity index (χ0) is 19.2. The van der Waals surface area contributed by atoms with Gasteiger partial charge < -0.3 is 20.2 Å². The molecular weight excluding hydrogens is 362 g/mol. The summed E-state index contributed by atoms with van der Waals surface area (Å²) in [6.45, 7) is 4.44. The zero-order valence-electron chi connectivity index (χ0n) is 15.2. The zero-order valence-corrected chi connectivity index (χ0v) is 16.0. The third-order valence-corrected chi connectivity index (χ3v) is 5.38. The van der Waals surface area contributed by atoms with Crippen molar-refractivity contribution in [2.45, 2.75) is 11.8 Å². The molecule has 0 aromatic heterocycles. The Balaban J connectivity index is 1.45. The molecule has 1 saturated heterocycles. The lowest BCUT2D eigenvalue weighted by atomic mass is 10.2. The van der Waals surface area contributed by atoms with Gasteiger partial charge in [0, 0.05) is 49.4 Å². The van der Waals surface area contributed by atoms with Crippen LogP contribution >= 0.6 is 11.8 Å². The van der Waals surface area contributed by atoms with Crippen LogP contribution in [0.2, 0.25) is 0 Å². The van der Waals surface area contributed by atoms with E-state index in [2.05, 4.69) is 10.2 Å². The van der Waals surface area contributed by atoms with Gasteiger partial charge in [0.15, 0.2) is 0 Å². The van der Waals surface area contributed by atoms with Gasteiger partial charge in [0.25, 0.3) is 0 Å². The van der Waals surface area contributed by atoms with Crippen molar-refractivity contribution >= 4 is 35.0 Å². The lowest BCUT2D eigenvalue weighted by Crippen LogP contribution is -2.49. The molecule has 0 saturated carbocycles. The molecule has 27 heavy (non-hydrogen) atoms. The quantitative estimate of drug-likeness (QED) is 0.775. The van der Waals surface area contributed by atoms with Crippen LogP contribution in [0.3, 0.4) is 0 Å². The number of anilines is 2. The Hall–Kier alpha value is -2.67. The van der Waals surface area contributed by atoms with E-state index in [9.17, 15) is 14.7 Å². The topological polar surface area (TPSA) is 72.9 Å². The van der Waals surface area contributed by atoms with Crippen molar-refractivity contribution in [2.24, 2.45) is 0 Å².